The molecule has 1 saturated heterocycles. The summed E-state index contributed by atoms with van der Waals surface area (Å²) in [5.74, 6) is 0.666. The highest BCUT2D eigenvalue weighted by molar-refractivity contribution is 7.12. The predicted octanol–water partition coefficient (Wildman–Crippen LogP) is 0.119. The molecule has 3 rings (SSSR count). The van der Waals surface area contributed by atoms with Crippen LogP contribution in [-0.2, 0) is 11.3 Å². The van der Waals surface area contributed by atoms with Crippen LogP contribution in [0.1, 0.15) is 15.5 Å². The van der Waals surface area contributed by atoms with Crippen molar-refractivity contribution in [3.63, 3.8) is 0 Å². The summed E-state index contributed by atoms with van der Waals surface area (Å²) < 4.78 is 5.56. The van der Waals surface area contributed by atoms with Crippen molar-refractivity contribution < 1.29 is 14.6 Å². The van der Waals surface area contributed by atoms with Gasteiger partial charge in [-0.1, -0.05) is 6.07 Å². The number of aromatic nitrogens is 2. The van der Waals surface area contributed by atoms with Crippen molar-refractivity contribution in [2.45, 2.75) is 24.8 Å². The van der Waals surface area contributed by atoms with Crippen LogP contribution in [0.3, 0.4) is 0 Å². The summed E-state index contributed by atoms with van der Waals surface area (Å²) in [5, 5.41) is 18.1. The zero-order valence-corrected chi connectivity index (χ0v) is 12.7. The number of thiophene rings is 1. The molecule has 1 aliphatic heterocycles. The molecule has 0 unspecified atom stereocenters. The molecule has 22 heavy (non-hydrogen) atoms. The summed E-state index contributed by atoms with van der Waals surface area (Å²) in [6, 6.07) is 3.42. The SMILES string of the molecule is O=C(NC[C@H]1OC[C@@H](NCc2ncc[nH]2)[C@@H]1O)c1cccs1. The topological polar surface area (TPSA) is 99.3 Å². The highest BCUT2D eigenvalue weighted by atomic mass is 32.1. The Bertz CT molecular complexity index is 587. The smallest absolute Gasteiger partial charge is 0.261 e. The normalized spacial score (nSPS) is 24.5. The maximum Gasteiger partial charge on any atom is 0.261 e. The average molecular weight is 322 g/mol. The molecule has 3 atom stereocenters. The van der Waals surface area contributed by atoms with E-state index in [1.54, 1.807) is 18.5 Å². The average Bonchev–Trinajstić information content (AvgIpc) is 3.26. The van der Waals surface area contributed by atoms with Crippen LogP contribution < -0.4 is 10.6 Å². The number of aromatic amines is 1. The fraction of sp³-hybridized carbons (Fsp3) is 0.429. The number of aliphatic hydroxyl groups excluding tert-OH is 1. The number of amides is 1. The number of carbonyl (C=O) groups excluding carboxylic acids is 1. The molecule has 1 fully saturated rings. The molecule has 0 radical (unpaired) electrons. The molecule has 0 saturated carbocycles. The third-order valence-corrected chi connectivity index (χ3v) is 4.45. The first-order chi connectivity index (χ1) is 10.7. The number of carbonyl (C=O) groups is 1. The van der Waals surface area contributed by atoms with Gasteiger partial charge in [0.05, 0.1) is 30.2 Å². The number of imidazole rings is 1. The first-order valence-corrected chi connectivity index (χ1v) is 7.95. The Morgan fingerprint density at radius 3 is 3.23 bits per heavy atom. The minimum Gasteiger partial charge on any atom is -0.389 e. The Morgan fingerprint density at radius 2 is 2.50 bits per heavy atom. The maximum atomic E-state index is 11.9. The third-order valence-electron chi connectivity index (χ3n) is 3.58. The number of hydrogen-bond donors (Lipinski definition) is 4. The lowest BCUT2D eigenvalue weighted by atomic mass is 10.1. The zero-order chi connectivity index (χ0) is 15.4. The Morgan fingerprint density at radius 1 is 1.59 bits per heavy atom. The molecule has 1 amide bonds. The maximum absolute atomic E-state index is 11.9. The van der Waals surface area contributed by atoms with Crippen LogP contribution in [0.2, 0.25) is 0 Å². The summed E-state index contributed by atoms with van der Waals surface area (Å²) in [6.07, 6.45) is 2.36. The van der Waals surface area contributed by atoms with Gasteiger partial charge in [-0.15, -0.1) is 11.3 Å². The van der Waals surface area contributed by atoms with Gasteiger partial charge in [0, 0.05) is 18.9 Å². The van der Waals surface area contributed by atoms with Crippen molar-refractivity contribution in [2.24, 2.45) is 0 Å². The quantitative estimate of drug-likeness (QED) is 0.605. The van der Waals surface area contributed by atoms with E-state index >= 15 is 0 Å². The minimum absolute atomic E-state index is 0.141. The van der Waals surface area contributed by atoms with Crippen LogP contribution >= 0.6 is 11.3 Å². The number of rotatable bonds is 6. The summed E-state index contributed by atoms with van der Waals surface area (Å²) in [7, 11) is 0. The molecule has 8 heteroatoms. The lowest BCUT2D eigenvalue weighted by Crippen LogP contribution is -2.44. The Labute approximate surface area is 131 Å². The van der Waals surface area contributed by atoms with Crippen molar-refractivity contribution in [1.82, 2.24) is 20.6 Å². The van der Waals surface area contributed by atoms with E-state index in [0.717, 1.165) is 5.82 Å². The van der Waals surface area contributed by atoms with E-state index in [1.807, 2.05) is 11.4 Å². The molecule has 0 aliphatic carbocycles. The number of nitrogens with one attached hydrogen (secondary N) is 3. The van der Waals surface area contributed by atoms with Crippen molar-refractivity contribution in [1.29, 1.82) is 0 Å². The summed E-state index contributed by atoms with van der Waals surface area (Å²) in [6.45, 7) is 1.23. The van der Waals surface area contributed by atoms with Gasteiger partial charge in [-0.25, -0.2) is 4.98 Å². The van der Waals surface area contributed by atoms with Crippen LogP contribution in [0.5, 0.6) is 0 Å². The van der Waals surface area contributed by atoms with Gasteiger partial charge in [0.1, 0.15) is 11.9 Å². The number of nitrogens with zero attached hydrogens (tertiary/aromatic N) is 1. The Balaban J connectivity index is 1.44. The first-order valence-electron chi connectivity index (χ1n) is 7.07. The van der Waals surface area contributed by atoms with E-state index < -0.39 is 12.2 Å². The Hall–Kier alpha value is -1.74. The standard InChI is InChI=1S/C14H18N4O3S/c19-13-9(17-7-12-15-3-4-16-12)8-21-10(13)6-18-14(20)11-2-1-5-22-11/h1-5,9-10,13,17,19H,6-8H2,(H,15,16)(H,18,20)/t9-,10-,13+/m1/s1. The second-order valence-electron chi connectivity index (χ2n) is 5.07. The van der Waals surface area contributed by atoms with E-state index in [2.05, 4.69) is 20.6 Å². The molecule has 2 aromatic rings. The molecule has 7 nitrogen and oxygen atoms in total. The van der Waals surface area contributed by atoms with Crippen LogP contribution in [0, 0.1) is 0 Å². The molecule has 0 spiro atoms. The van der Waals surface area contributed by atoms with Crippen LogP contribution in [0.4, 0.5) is 0 Å². The van der Waals surface area contributed by atoms with Crippen molar-refractivity contribution in [3.8, 4) is 0 Å². The highest BCUT2D eigenvalue weighted by Crippen LogP contribution is 2.15. The lowest BCUT2D eigenvalue weighted by Gasteiger charge is -2.18. The molecule has 2 aromatic heterocycles. The van der Waals surface area contributed by atoms with Crippen LogP contribution in [0.25, 0.3) is 0 Å². The molecule has 4 N–H and O–H groups in total. The third kappa shape index (κ3) is 3.53. The van der Waals surface area contributed by atoms with Gasteiger partial charge in [-0.05, 0) is 11.4 Å². The number of ether oxygens (including phenoxy) is 1. The number of hydrogen-bond acceptors (Lipinski definition) is 6. The van der Waals surface area contributed by atoms with E-state index in [4.69, 9.17) is 4.74 Å². The van der Waals surface area contributed by atoms with Gasteiger partial charge >= 0.3 is 0 Å². The molecule has 1 aliphatic rings. The molecule has 118 valence electrons. The summed E-state index contributed by atoms with van der Waals surface area (Å²) >= 11 is 1.38. The van der Waals surface area contributed by atoms with Gasteiger partial charge < -0.3 is 25.5 Å². The van der Waals surface area contributed by atoms with Gasteiger partial charge in [0.25, 0.3) is 5.91 Å². The predicted molar refractivity (Wildman–Crippen MR) is 81.6 cm³/mol. The molecular weight excluding hydrogens is 304 g/mol. The van der Waals surface area contributed by atoms with Crippen LogP contribution in [-0.4, -0.2) is 52.4 Å². The van der Waals surface area contributed by atoms with Crippen molar-refractivity contribution >= 4 is 17.2 Å². The van der Waals surface area contributed by atoms with Gasteiger partial charge in [0.2, 0.25) is 0 Å². The van der Waals surface area contributed by atoms with E-state index in [-0.39, 0.29) is 18.5 Å². The number of H-pyrrole nitrogens is 1. The highest BCUT2D eigenvalue weighted by Gasteiger charge is 2.35. The summed E-state index contributed by atoms with van der Waals surface area (Å²) in [5.41, 5.74) is 0. The molecule has 3 heterocycles. The van der Waals surface area contributed by atoms with Gasteiger partial charge in [-0.2, -0.15) is 0 Å². The minimum atomic E-state index is -0.668. The zero-order valence-electron chi connectivity index (χ0n) is 11.9. The first kappa shape index (κ1) is 15.2. The van der Waals surface area contributed by atoms with Crippen molar-refractivity contribution in [2.75, 3.05) is 13.2 Å². The second kappa shape index (κ2) is 7.01. The molecule has 0 bridgehead atoms. The fourth-order valence-corrected chi connectivity index (χ4v) is 2.99. The largest absolute Gasteiger partial charge is 0.389 e. The van der Waals surface area contributed by atoms with E-state index in [9.17, 15) is 9.90 Å². The van der Waals surface area contributed by atoms with E-state index in [1.165, 1.54) is 11.3 Å². The Kier molecular flexibility index (Phi) is 4.84. The van der Waals surface area contributed by atoms with Crippen LogP contribution in [0.15, 0.2) is 29.9 Å². The number of aliphatic hydroxyl groups is 1. The van der Waals surface area contributed by atoms with Gasteiger partial charge in [-0.3, -0.25) is 4.79 Å². The van der Waals surface area contributed by atoms with Crippen molar-refractivity contribution in [3.05, 3.63) is 40.6 Å². The lowest BCUT2D eigenvalue weighted by molar-refractivity contribution is 0.0399. The molecular formula is C14H18N4O3S. The second-order valence-corrected chi connectivity index (χ2v) is 6.02. The van der Waals surface area contributed by atoms with Gasteiger partial charge in [0.15, 0.2) is 0 Å². The fourth-order valence-electron chi connectivity index (χ4n) is 2.35. The monoisotopic (exact) mass is 322 g/mol. The van der Waals surface area contributed by atoms with E-state index in [0.29, 0.717) is 18.0 Å². The summed E-state index contributed by atoms with van der Waals surface area (Å²) in [4.78, 5) is 19.6. The molecule has 0 aromatic carbocycles.